The van der Waals surface area contributed by atoms with E-state index in [9.17, 15) is 8.42 Å². The summed E-state index contributed by atoms with van der Waals surface area (Å²) in [7, 11) is -3.32. The third-order valence-corrected chi connectivity index (χ3v) is 6.38. The van der Waals surface area contributed by atoms with Crippen molar-refractivity contribution in [1.29, 1.82) is 0 Å². The van der Waals surface area contributed by atoms with Gasteiger partial charge in [-0.3, -0.25) is 4.72 Å². The summed E-state index contributed by atoms with van der Waals surface area (Å²) in [6.07, 6.45) is 1.48. The quantitative estimate of drug-likeness (QED) is 0.549. The molecule has 4 nitrogen and oxygen atoms in total. The van der Waals surface area contributed by atoms with Crippen molar-refractivity contribution >= 4 is 38.6 Å². The van der Waals surface area contributed by atoms with Crippen molar-refractivity contribution in [2.24, 2.45) is 0 Å². The van der Waals surface area contributed by atoms with Crippen LogP contribution in [0.25, 0.3) is 21.8 Å². The van der Waals surface area contributed by atoms with Gasteiger partial charge in [0, 0.05) is 22.2 Å². The van der Waals surface area contributed by atoms with Crippen LogP contribution >= 0.6 is 22.9 Å². The molecule has 0 amide bonds. The second-order valence-electron chi connectivity index (χ2n) is 5.87. The van der Waals surface area contributed by atoms with E-state index in [0.29, 0.717) is 17.1 Å². The molecule has 0 fully saturated rings. The van der Waals surface area contributed by atoms with Gasteiger partial charge in [-0.15, -0.1) is 11.3 Å². The number of aromatic nitrogens is 1. The van der Waals surface area contributed by atoms with Crippen LogP contribution in [0.1, 0.15) is 19.8 Å². The normalized spacial score (nSPS) is 11.5. The molecular formula is C19H19ClN2O2S2. The predicted molar refractivity (Wildman–Crippen MR) is 110 cm³/mol. The molecule has 0 aliphatic carbocycles. The van der Waals surface area contributed by atoms with E-state index in [4.69, 9.17) is 11.6 Å². The molecule has 0 saturated carbocycles. The van der Waals surface area contributed by atoms with Crippen molar-refractivity contribution in [3.05, 3.63) is 58.9 Å². The maximum absolute atomic E-state index is 12.1. The van der Waals surface area contributed by atoms with Crippen molar-refractivity contribution in [1.82, 2.24) is 4.98 Å². The Morgan fingerprint density at radius 2 is 1.96 bits per heavy atom. The Kier molecular flexibility index (Phi) is 5.96. The van der Waals surface area contributed by atoms with Crippen molar-refractivity contribution in [2.75, 3.05) is 10.5 Å². The van der Waals surface area contributed by atoms with E-state index < -0.39 is 10.0 Å². The van der Waals surface area contributed by atoms with Gasteiger partial charge < -0.3 is 0 Å². The molecule has 2 aromatic carbocycles. The summed E-state index contributed by atoms with van der Waals surface area (Å²) in [5.41, 5.74) is 3.09. The number of unbranched alkanes of at least 4 members (excludes halogenated alkanes) is 1. The van der Waals surface area contributed by atoms with Gasteiger partial charge in [-0.05, 0) is 24.6 Å². The second kappa shape index (κ2) is 8.20. The molecule has 1 N–H and O–H groups in total. The van der Waals surface area contributed by atoms with Crippen LogP contribution in [0, 0.1) is 0 Å². The molecule has 0 aliphatic heterocycles. The number of sulfonamides is 1. The minimum atomic E-state index is -3.32. The highest BCUT2D eigenvalue weighted by atomic mass is 35.5. The van der Waals surface area contributed by atoms with Crippen LogP contribution in [0.4, 0.5) is 5.69 Å². The average molecular weight is 407 g/mol. The first-order valence-corrected chi connectivity index (χ1v) is 11.2. The SMILES string of the molecule is CCCCS(=O)(=O)Nc1cccc(-c2csc(-c3ccccc3Cl)n2)c1. The van der Waals surface area contributed by atoms with Gasteiger partial charge in [0.25, 0.3) is 0 Å². The summed E-state index contributed by atoms with van der Waals surface area (Å²) < 4.78 is 26.8. The van der Waals surface area contributed by atoms with Gasteiger partial charge in [0.2, 0.25) is 10.0 Å². The van der Waals surface area contributed by atoms with Crippen LogP contribution in [0.2, 0.25) is 5.02 Å². The number of hydrogen-bond acceptors (Lipinski definition) is 4. The Bertz CT molecular complexity index is 1000. The zero-order valence-electron chi connectivity index (χ0n) is 14.3. The van der Waals surface area contributed by atoms with Gasteiger partial charge >= 0.3 is 0 Å². The molecule has 0 bridgehead atoms. The van der Waals surface area contributed by atoms with E-state index >= 15 is 0 Å². The second-order valence-corrected chi connectivity index (χ2v) is 8.98. The summed E-state index contributed by atoms with van der Waals surface area (Å²) >= 11 is 7.75. The first kappa shape index (κ1) is 18.9. The van der Waals surface area contributed by atoms with Gasteiger partial charge in [0.05, 0.1) is 16.5 Å². The number of halogens is 1. The first-order chi connectivity index (χ1) is 12.5. The van der Waals surface area contributed by atoms with Crippen molar-refractivity contribution < 1.29 is 8.42 Å². The van der Waals surface area contributed by atoms with Crippen LogP contribution < -0.4 is 4.72 Å². The molecular weight excluding hydrogens is 388 g/mol. The molecule has 1 aromatic heterocycles. The number of nitrogens with one attached hydrogen (secondary N) is 1. The lowest BCUT2D eigenvalue weighted by Crippen LogP contribution is -2.16. The van der Waals surface area contributed by atoms with Crippen LogP contribution in [0.15, 0.2) is 53.9 Å². The highest BCUT2D eigenvalue weighted by Gasteiger charge is 2.12. The number of rotatable bonds is 7. The lowest BCUT2D eigenvalue weighted by Gasteiger charge is -2.08. The lowest BCUT2D eigenvalue weighted by molar-refractivity contribution is 0.598. The zero-order valence-corrected chi connectivity index (χ0v) is 16.7. The smallest absolute Gasteiger partial charge is 0.232 e. The third-order valence-electron chi connectivity index (χ3n) is 3.81. The maximum Gasteiger partial charge on any atom is 0.232 e. The summed E-state index contributed by atoms with van der Waals surface area (Å²) in [6, 6.07) is 14.9. The van der Waals surface area contributed by atoms with E-state index in [1.54, 1.807) is 12.1 Å². The first-order valence-electron chi connectivity index (χ1n) is 8.30. The summed E-state index contributed by atoms with van der Waals surface area (Å²) in [5, 5.41) is 3.44. The fourth-order valence-electron chi connectivity index (χ4n) is 2.47. The highest BCUT2D eigenvalue weighted by molar-refractivity contribution is 7.92. The Morgan fingerprint density at radius 1 is 1.15 bits per heavy atom. The lowest BCUT2D eigenvalue weighted by atomic mass is 10.1. The zero-order chi connectivity index (χ0) is 18.6. The highest BCUT2D eigenvalue weighted by Crippen LogP contribution is 2.33. The van der Waals surface area contributed by atoms with Gasteiger partial charge in [-0.1, -0.05) is 55.3 Å². The van der Waals surface area contributed by atoms with E-state index in [2.05, 4.69) is 9.71 Å². The van der Waals surface area contributed by atoms with E-state index in [-0.39, 0.29) is 5.75 Å². The summed E-state index contributed by atoms with van der Waals surface area (Å²) in [4.78, 5) is 4.66. The molecule has 0 radical (unpaired) electrons. The van der Waals surface area contributed by atoms with Crippen LogP contribution in [0.5, 0.6) is 0 Å². The van der Waals surface area contributed by atoms with Gasteiger partial charge in [0.15, 0.2) is 0 Å². The molecule has 0 spiro atoms. The van der Waals surface area contributed by atoms with E-state index in [0.717, 1.165) is 28.2 Å². The molecule has 0 aliphatic rings. The molecule has 1 heterocycles. The molecule has 136 valence electrons. The average Bonchev–Trinajstić information content (AvgIpc) is 3.10. The van der Waals surface area contributed by atoms with Crippen molar-refractivity contribution in [2.45, 2.75) is 19.8 Å². The molecule has 0 atom stereocenters. The summed E-state index contributed by atoms with van der Waals surface area (Å²) in [5.74, 6) is 0.126. The van der Waals surface area contributed by atoms with Crippen molar-refractivity contribution in [3.63, 3.8) is 0 Å². The Labute approximate surface area is 162 Å². The standard InChI is InChI=1S/C19H19ClN2O2S2/c1-2-3-11-26(23,24)22-15-8-6-7-14(12-15)18-13-25-19(21-18)16-9-4-5-10-17(16)20/h4-10,12-13,22H,2-3,11H2,1H3. The van der Waals surface area contributed by atoms with Gasteiger partial charge in [0.1, 0.15) is 5.01 Å². The molecule has 3 aromatic rings. The topological polar surface area (TPSA) is 59.1 Å². The third kappa shape index (κ3) is 4.63. The number of thiazole rings is 1. The minimum absolute atomic E-state index is 0.126. The Hall–Kier alpha value is -1.89. The number of hydrogen-bond donors (Lipinski definition) is 1. The fraction of sp³-hybridized carbons (Fsp3) is 0.211. The van der Waals surface area contributed by atoms with E-state index in [1.807, 2.05) is 48.7 Å². The molecule has 3 rings (SSSR count). The molecule has 0 saturated heterocycles. The van der Waals surface area contributed by atoms with E-state index in [1.165, 1.54) is 11.3 Å². The van der Waals surface area contributed by atoms with Gasteiger partial charge in [-0.2, -0.15) is 0 Å². The molecule has 0 unspecified atom stereocenters. The van der Waals surface area contributed by atoms with Crippen LogP contribution in [-0.4, -0.2) is 19.2 Å². The number of nitrogens with zero attached hydrogens (tertiary/aromatic N) is 1. The largest absolute Gasteiger partial charge is 0.284 e. The Morgan fingerprint density at radius 3 is 2.73 bits per heavy atom. The fourth-order valence-corrected chi connectivity index (χ4v) is 4.88. The number of benzene rings is 2. The predicted octanol–water partition coefficient (Wildman–Crippen LogP) is 5.67. The van der Waals surface area contributed by atoms with Crippen LogP contribution in [-0.2, 0) is 10.0 Å². The van der Waals surface area contributed by atoms with Gasteiger partial charge in [-0.25, -0.2) is 13.4 Å². The monoisotopic (exact) mass is 406 g/mol. The van der Waals surface area contributed by atoms with Crippen LogP contribution in [0.3, 0.4) is 0 Å². The number of anilines is 1. The maximum atomic E-state index is 12.1. The molecule has 26 heavy (non-hydrogen) atoms. The van der Waals surface area contributed by atoms with Crippen molar-refractivity contribution in [3.8, 4) is 21.8 Å². The Balaban J connectivity index is 1.84. The minimum Gasteiger partial charge on any atom is -0.284 e. The molecule has 7 heteroatoms. The summed E-state index contributed by atoms with van der Waals surface area (Å²) in [6.45, 7) is 1.97.